The number of hydrogen-bond acceptors (Lipinski definition) is 6. The van der Waals surface area contributed by atoms with Crippen molar-refractivity contribution in [2.45, 2.75) is 25.3 Å². The molecular weight excluding hydrogens is 214 g/mol. The van der Waals surface area contributed by atoms with Gasteiger partial charge in [0, 0.05) is 18.1 Å². The van der Waals surface area contributed by atoms with Gasteiger partial charge in [0.25, 0.3) is 0 Å². The average molecular weight is 227 g/mol. The number of ether oxygens (including phenoxy) is 1. The van der Waals surface area contributed by atoms with Gasteiger partial charge in [0.2, 0.25) is 5.13 Å². The Kier molecular flexibility index (Phi) is 3.15. The van der Waals surface area contributed by atoms with Crippen LogP contribution in [0.1, 0.15) is 19.3 Å². The number of anilines is 1. The highest BCUT2D eigenvalue weighted by molar-refractivity contribution is 7.09. The van der Waals surface area contributed by atoms with E-state index < -0.39 is 0 Å². The van der Waals surface area contributed by atoms with E-state index in [1.165, 1.54) is 25.0 Å². The van der Waals surface area contributed by atoms with Crippen molar-refractivity contribution in [2.24, 2.45) is 0 Å². The van der Waals surface area contributed by atoms with Crippen LogP contribution in [0.4, 0.5) is 5.13 Å². The lowest BCUT2D eigenvalue weighted by Crippen LogP contribution is -2.45. The van der Waals surface area contributed by atoms with E-state index in [2.05, 4.69) is 9.36 Å². The van der Waals surface area contributed by atoms with Crippen molar-refractivity contribution in [1.29, 1.82) is 0 Å². The van der Waals surface area contributed by atoms with Gasteiger partial charge in [-0.1, -0.05) is 0 Å². The quantitative estimate of drug-likeness (QED) is 0.707. The predicted octanol–water partition coefficient (Wildman–Crippen LogP) is 1.07. The highest BCUT2D eigenvalue weighted by atomic mass is 32.1. The van der Waals surface area contributed by atoms with Crippen LogP contribution in [0.2, 0.25) is 0 Å². The van der Waals surface area contributed by atoms with E-state index in [-0.39, 0.29) is 12.0 Å². The van der Waals surface area contributed by atoms with Crippen LogP contribution in [-0.2, 0) is 9.53 Å². The van der Waals surface area contributed by atoms with Crippen LogP contribution in [0.3, 0.4) is 0 Å². The van der Waals surface area contributed by atoms with Crippen LogP contribution < -0.4 is 4.90 Å². The lowest BCUT2D eigenvalue weighted by Gasteiger charge is -2.32. The molecule has 1 saturated heterocycles. The fraction of sp³-hybridized carbons (Fsp3) is 0.667. The lowest BCUT2D eigenvalue weighted by molar-refractivity contribution is -0.142. The standard InChI is InChI=1S/C9H13N3O2S/c1-14-8(13)7-4-2-3-5-12(7)9-10-6-11-15-9/h6-7H,2-5H2,1H3. The molecule has 1 atom stereocenters. The number of methoxy groups -OCH3 is 1. The first kappa shape index (κ1) is 10.4. The van der Waals surface area contributed by atoms with Crippen molar-refractivity contribution < 1.29 is 9.53 Å². The Morgan fingerprint density at radius 3 is 3.20 bits per heavy atom. The summed E-state index contributed by atoms with van der Waals surface area (Å²) in [4.78, 5) is 17.7. The Hall–Kier alpha value is -1.17. The fourth-order valence-electron chi connectivity index (χ4n) is 1.84. The molecule has 1 aromatic rings. The van der Waals surface area contributed by atoms with Crippen LogP contribution in [0.15, 0.2) is 6.33 Å². The molecule has 1 unspecified atom stereocenters. The highest BCUT2D eigenvalue weighted by Crippen LogP contribution is 2.25. The molecule has 0 saturated carbocycles. The van der Waals surface area contributed by atoms with Crippen LogP contribution in [0, 0.1) is 0 Å². The first-order valence-electron chi connectivity index (χ1n) is 4.94. The highest BCUT2D eigenvalue weighted by Gasteiger charge is 2.31. The summed E-state index contributed by atoms with van der Waals surface area (Å²) < 4.78 is 8.75. The Morgan fingerprint density at radius 1 is 1.67 bits per heavy atom. The Morgan fingerprint density at radius 2 is 2.53 bits per heavy atom. The van der Waals surface area contributed by atoms with Gasteiger partial charge >= 0.3 is 5.97 Å². The summed E-state index contributed by atoms with van der Waals surface area (Å²) in [7, 11) is 1.43. The van der Waals surface area contributed by atoms with Gasteiger partial charge in [-0.05, 0) is 19.3 Å². The summed E-state index contributed by atoms with van der Waals surface area (Å²) in [6.07, 6.45) is 4.51. The molecule has 0 aliphatic carbocycles. The van der Waals surface area contributed by atoms with Gasteiger partial charge in [0.1, 0.15) is 12.4 Å². The van der Waals surface area contributed by atoms with Gasteiger partial charge < -0.3 is 9.64 Å². The minimum Gasteiger partial charge on any atom is -0.467 e. The number of esters is 1. The fourth-order valence-corrected chi connectivity index (χ4v) is 2.44. The Balaban J connectivity index is 2.16. The van der Waals surface area contributed by atoms with Gasteiger partial charge in [0.15, 0.2) is 0 Å². The monoisotopic (exact) mass is 227 g/mol. The second kappa shape index (κ2) is 4.57. The summed E-state index contributed by atoms with van der Waals surface area (Å²) in [5, 5.41) is 0.810. The molecule has 0 spiro atoms. The van der Waals surface area contributed by atoms with Crippen molar-refractivity contribution in [3.8, 4) is 0 Å². The average Bonchev–Trinajstić information content (AvgIpc) is 2.81. The maximum atomic E-state index is 11.6. The van der Waals surface area contributed by atoms with Gasteiger partial charge in [-0.2, -0.15) is 4.37 Å². The molecule has 2 rings (SSSR count). The van der Waals surface area contributed by atoms with Crippen molar-refractivity contribution in [3.05, 3.63) is 6.33 Å². The van der Waals surface area contributed by atoms with Gasteiger partial charge in [0.05, 0.1) is 7.11 Å². The van der Waals surface area contributed by atoms with Crippen LogP contribution in [-0.4, -0.2) is 35.0 Å². The van der Waals surface area contributed by atoms with E-state index in [9.17, 15) is 4.79 Å². The third kappa shape index (κ3) is 2.09. The molecule has 1 fully saturated rings. The van der Waals surface area contributed by atoms with Crippen LogP contribution in [0.25, 0.3) is 0 Å². The summed E-state index contributed by atoms with van der Waals surface area (Å²) in [6, 6.07) is -0.184. The molecule has 82 valence electrons. The summed E-state index contributed by atoms with van der Waals surface area (Å²) >= 11 is 1.32. The molecule has 2 heterocycles. The number of hydrogen-bond donors (Lipinski definition) is 0. The summed E-state index contributed by atoms with van der Waals surface area (Å²) in [5.74, 6) is -0.176. The van der Waals surface area contributed by atoms with Crippen molar-refractivity contribution in [2.75, 3.05) is 18.6 Å². The number of piperidine rings is 1. The minimum absolute atomic E-state index is 0.176. The van der Waals surface area contributed by atoms with E-state index >= 15 is 0 Å². The molecule has 0 radical (unpaired) electrons. The zero-order valence-electron chi connectivity index (χ0n) is 8.55. The second-order valence-electron chi connectivity index (χ2n) is 3.45. The Labute approximate surface area is 92.2 Å². The predicted molar refractivity (Wildman–Crippen MR) is 56.9 cm³/mol. The molecular formula is C9H13N3O2S. The first-order valence-corrected chi connectivity index (χ1v) is 5.71. The van der Waals surface area contributed by atoms with Gasteiger partial charge in [-0.25, -0.2) is 9.78 Å². The molecule has 0 N–H and O–H groups in total. The number of carbonyl (C=O) groups excluding carboxylic acids is 1. The molecule has 1 aliphatic rings. The molecule has 0 bridgehead atoms. The SMILES string of the molecule is COC(=O)C1CCCCN1c1ncns1. The topological polar surface area (TPSA) is 55.3 Å². The molecule has 0 amide bonds. The normalized spacial score (nSPS) is 21.4. The van der Waals surface area contributed by atoms with Crippen molar-refractivity contribution >= 4 is 22.6 Å². The second-order valence-corrected chi connectivity index (χ2v) is 4.21. The van der Waals surface area contributed by atoms with E-state index in [1.54, 1.807) is 0 Å². The summed E-state index contributed by atoms with van der Waals surface area (Å²) in [5.41, 5.74) is 0. The Bertz CT molecular complexity index is 328. The van der Waals surface area contributed by atoms with E-state index in [0.717, 1.165) is 30.9 Å². The minimum atomic E-state index is -0.184. The molecule has 6 heteroatoms. The van der Waals surface area contributed by atoms with Crippen molar-refractivity contribution in [1.82, 2.24) is 9.36 Å². The zero-order chi connectivity index (χ0) is 10.7. The zero-order valence-corrected chi connectivity index (χ0v) is 9.37. The number of rotatable bonds is 2. The number of nitrogens with zero attached hydrogens (tertiary/aromatic N) is 3. The molecule has 5 nitrogen and oxygen atoms in total. The first-order chi connectivity index (χ1) is 7.33. The van der Waals surface area contributed by atoms with Gasteiger partial charge in [-0.15, -0.1) is 0 Å². The lowest BCUT2D eigenvalue weighted by atomic mass is 10.0. The third-order valence-corrected chi connectivity index (χ3v) is 3.27. The van der Waals surface area contributed by atoms with Crippen molar-refractivity contribution in [3.63, 3.8) is 0 Å². The number of carbonyl (C=O) groups is 1. The van der Waals surface area contributed by atoms with E-state index in [1.807, 2.05) is 4.90 Å². The van der Waals surface area contributed by atoms with E-state index in [0.29, 0.717) is 0 Å². The smallest absolute Gasteiger partial charge is 0.328 e. The van der Waals surface area contributed by atoms with Gasteiger partial charge in [-0.3, -0.25) is 0 Å². The maximum Gasteiger partial charge on any atom is 0.328 e. The third-order valence-electron chi connectivity index (χ3n) is 2.57. The number of aromatic nitrogens is 2. The molecule has 0 aromatic carbocycles. The largest absolute Gasteiger partial charge is 0.467 e. The maximum absolute atomic E-state index is 11.6. The molecule has 1 aliphatic heterocycles. The summed E-state index contributed by atoms with van der Waals surface area (Å²) in [6.45, 7) is 0.856. The van der Waals surface area contributed by atoms with E-state index in [4.69, 9.17) is 4.74 Å². The van der Waals surface area contributed by atoms with Crippen LogP contribution >= 0.6 is 11.5 Å². The molecule has 1 aromatic heterocycles. The van der Waals surface area contributed by atoms with Crippen LogP contribution in [0.5, 0.6) is 0 Å². The molecule has 15 heavy (non-hydrogen) atoms.